The Bertz CT molecular complexity index is 880. The van der Waals surface area contributed by atoms with Gasteiger partial charge < -0.3 is 14.4 Å². The van der Waals surface area contributed by atoms with Gasteiger partial charge in [-0.25, -0.2) is 4.79 Å². The van der Waals surface area contributed by atoms with Crippen molar-refractivity contribution >= 4 is 23.6 Å². The lowest BCUT2D eigenvalue weighted by Gasteiger charge is -2.21. The van der Waals surface area contributed by atoms with Gasteiger partial charge >= 0.3 is 12.6 Å². The van der Waals surface area contributed by atoms with Crippen molar-refractivity contribution < 1.29 is 27.8 Å². The quantitative estimate of drug-likeness (QED) is 0.559. The summed E-state index contributed by atoms with van der Waals surface area (Å²) in [6.07, 6.45) is 2.50. The van der Waals surface area contributed by atoms with Crippen molar-refractivity contribution in [2.75, 3.05) is 11.4 Å². The largest absolute Gasteiger partial charge is 0.449 e. The van der Waals surface area contributed by atoms with E-state index in [4.69, 9.17) is 4.74 Å². The van der Waals surface area contributed by atoms with Crippen LogP contribution in [0.1, 0.15) is 18.1 Å². The second-order valence-corrected chi connectivity index (χ2v) is 6.23. The molecule has 1 atom stereocenters. The minimum Gasteiger partial charge on any atom is -0.449 e. The van der Waals surface area contributed by atoms with Gasteiger partial charge in [0, 0.05) is 18.3 Å². The Balaban J connectivity index is 1.55. The van der Waals surface area contributed by atoms with Crippen LogP contribution in [0.3, 0.4) is 0 Å². The number of benzene rings is 2. The number of nitrogens with zero attached hydrogens (tertiary/aromatic N) is 1. The maximum absolute atomic E-state index is 12.6. The van der Waals surface area contributed by atoms with E-state index in [1.165, 1.54) is 43.3 Å². The van der Waals surface area contributed by atoms with Crippen molar-refractivity contribution in [2.24, 2.45) is 0 Å². The fourth-order valence-corrected chi connectivity index (χ4v) is 2.98. The van der Waals surface area contributed by atoms with Crippen LogP contribution in [0.15, 0.2) is 54.6 Å². The number of carbonyl (C=O) groups excluding carboxylic acids is 2. The molecule has 0 N–H and O–H groups in total. The molecular weight excluding hydrogens is 368 g/mol. The number of fused-ring (bicyclic) bond motifs is 1. The molecule has 0 aliphatic carbocycles. The monoisotopic (exact) mass is 387 g/mol. The van der Waals surface area contributed by atoms with E-state index in [1.807, 2.05) is 24.3 Å². The summed E-state index contributed by atoms with van der Waals surface area (Å²) in [6, 6.07) is 13.4. The van der Waals surface area contributed by atoms with E-state index in [-0.39, 0.29) is 11.7 Å². The van der Waals surface area contributed by atoms with E-state index < -0.39 is 18.7 Å². The van der Waals surface area contributed by atoms with Crippen molar-refractivity contribution in [1.82, 2.24) is 0 Å². The van der Waals surface area contributed by atoms with Crippen LogP contribution in [0.4, 0.5) is 14.5 Å². The predicted octanol–water partition coefficient (Wildman–Crippen LogP) is 3.82. The lowest BCUT2D eigenvalue weighted by molar-refractivity contribution is -0.149. The van der Waals surface area contributed by atoms with E-state index in [2.05, 4.69) is 4.74 Å². The van der Waals surface area contributed by atoms with Crippen LogP contribution in [0.5, 0.6) is 5.75 Å². The first-order chi connectivity index (χ1) is 13.4. The molecule has 0 saturated heterocycles. The predicted molar refractivity (Wildman–Crippen MR) is 100 cm³/mol. The number of rotatable bonds is 6. The molecule has 5 nitrogen and oxygen atoms in total. The molecule has 0 spiro atoms. The van der Waals surface area contributed by atoms with E-state index in [1.54, 1.807) is 4.90 Å². The van der Waals surface area contributed by atoms with Crippen LogP contribution in [0, 0.1) is 0 Å². The first-order valence-electron chi connectivity index (χ1n) is 8.77. The molecule has 0 radical (unpaired) electrons. The standard InChI is InChI=1S/C21H19F2NO4/c1-14(20(26)24-13-12-16-4-2-3-5-18(16)24)27-19(25)11-8-15-6-9-17(10-7-15)28-21(22)23/h2-11,14,21H,12-13H2,1H3/b11-8+. The number of anilines is 1. The van der Waals surface area contributed by atoms with E-state index in [0.29, 0.717) is 12.1 Å². The van der Waals surface area contributed by atoms with Gasteiger partial charge in [0.05, 0.1) is 0 Å². The van der Waals surface area contributed by atoms with Crippen molar-refractivity contribution in [3.05, 3.63) is 65.7 Å². The number of carbonyl (C=O) groups is 2. The highest BCUT2D eigenvalue weighted by atomic mass is 19.3. The summed E-state index contributed by atoms with van der Waals surface area (Å²) in [7, 11) is 0. The Morgan fingerprint density at radius 1 is 1.11 bits per heavy atom. The molecule has 3 rings (SSSR count). The second-order valence-electron chi connectivity index (χ2n) is 6.23. The fourth-order valence-electron chi connectivity index (χ4n) is 2.98. The Morgan fingerprint density at radius 2 is 1.82 bits per heavy atom. The highest BCUT2D eigenvalue weighted by molar-refractivity contribution is 6.00. The van der Waals surface area contributed by atoms with Gasteiger partial charge in [-0.15, -0.1) is 0 Å². The smallest absolute Gasteiger partial charge is 0.387 e. The molecule has 2 aromatic rings. The van der Waals surface area contributed by atoms with Gasteiger partial charge in [-0.2, -0.15) is 8.78 Å². The number of hydrogen-bond acceptors (Lipinski definition) is 4. The zero-order chi connectivity index (χ0) is 20.1. The minimum atomic E-state index is -2.89. The summed E-state index contributed by atoms with van der Waals surface area (Å²) < 4.78 is 33.7. The molecule has 0 aromatic heterocycles. The summed E-state index contributed by atoms with van der Waals surface area (Å²) in [5.41, 5.74) is 2.54. The number of alkyl halides is 2. The van der Waals surface area contributed by atoms with Gasteiger partial charge in [0.25, 0.3) is 5.91 Å². The van der Waals surface area contributed by atoms with Crippen LogP contribution in [-0.4, -0.2) is 31.1 Å². The summed E-state index contributed by atoms with van der Waals surface area (Å²) in [6.45, 7) is -0.799. The van der Waals surface area contributed by atoms with Gasteiger partial charge in [0.2, 0.25) is 0 Å². The molecule has 7 heteroatoms. The molecule has 146 valence electrons. The number of halogens is 2. The highest BCUT2D eigenvalue weighted by Gasteiger charge is 2.29. The normalized spacial score (nSPS) is 14.2. The van der Waals surface area contributed by atoms with E-state index in [9.17, 15) is 18.4 Å². The first kappa shape index (κ1) is 19.5. The Hall–Kier alpha value is -3.22. The van der Waals surface area contributed by atoms with Crippen LogP contribution >= 0.6 is 0 Å². The zero-order valence-electron chi connectivity index (χ0n) is 15.2. The first-order valence-corrected chi connectivity index (χ1v) is 8.77. The lowest BCUT2D eigenvalue weighted by atomic mass is 10.2. The second kappa shape index (κ2) is 8.65. The van der Waals surface area contributed by atoms with Crippen LogP contribution in [0.25, 0.3) is 6.08 Å². The van der Waals surface area contributed by atoms with Gasteiger partial charge in [-0.05, 0) is 48.7 Å². The molecule has 1 aliphatic rings. The molecule has 28 heavy (non-hydrogen) atoms. The van der Waals surface area contributed by atoms with Gasteiger partial charge in [-0.3, -0.25) is 4.79 Å². The molecule has 1 unspecified atom stereocenters. The Labute approximate surface area is 161 Å². The molecule has 1 aliphatic heterocycles. The van der Waals surface area contributed by atoms with Crippen LogP contribution in [-0.2, 0) is 20.7 Å². The average Bonchev–Trinajstić information content (AvgIpc) is 3.10. The highest BCUT2D eigenvalue weighted by Crippen LogP contribution is 2.28. The molecule has 2 aromatic carbocycles. The van der Waals surface area contributed by atoms with Crippen LogP contribution < -0.4 is 9.64 Å². The third-order valence-corrected chi connectivity index (χ3v) is 4.31. The molecule has 0 bridgehead atoms. The number of para-hydroxylation sites is 1. The molecular formula is C21H19F2NO4. The fraction of sp³-hybridized carbons (Fsp3) is 0.238. The van der Waals surface area contributed by atoms with Gasteiger partial charge in [0.1, 0.15) is 5.75 Å². The minimum absolute atomic E-state index is 0.0276. The topological polar surface area (TPSA) is 55.8 Å². The third-order valence-electron chi connectivity index (χ3n) is 4.31. The van der Waals surface area contributed by atoms with Gasteiger partial charge in [-0.1, -0.05) is 30.3 Å². The third kappa shape index (κ3) is 4.73. The van der Waals surface area contributed by atoms with Crippen molar-refractivity contribution in [2.45, 2.75) is 26.1 Å². The zero-order valence-corrected chi connectivity index (χ0v) is 15.2. The summed E-state index contributed by atoms with van der Waals surface area (Å²) in [5, 5.41) is 0. The summed E-state index contributed by atoms with van der Waals surface area (Å²) >= 11 is 0. The average molecular weight is 387 g/mol. The van der Waals surface area contributed by atoms with Gasteiger partial charge in [0.15, 0.2) is 6.10 Å². The molecule has 1 heterocycles. The lowest BCUT2D eigenvalue weighted by Crippen LogP contribution is -2.38. The van der Waals surface area contributed by atoms with Crippen molar-refractivity contribution in [3.63, 3.8) is 0 Å². The maximum Gasteiger partial charge on any atom is 0.387 e. The number of hydrogen-bond donors (Lipinski definition) is 0. The number of ether oxygens (including phenoxy) is 2. The van der Waals surface area contributed by atoms with Crippen LogP contribution in [0.2, 0.25) is 0 Å². The van der Waals surface area contributed by atoms with Crippen molar-refractivity contribution in [3.8, 4) is 5.75 Å². The van der Waals surface area contributed by atoms with E-state index in [0.717, 1.165) is 17.7 Å². The van der Waals surface area contributed by atoms with E-state index >= 15 is 0 Å². The summed E-state index contributed by atoms with van der Waals surface area (Å²) in [4.78, 5) is 26.2. The Kier molecular flexibility index (Phi) is 6.03. The Morgan fingerprint density at radius 3 is 2.54 bits per heavy atom. The SMILES string of the molecule is CC(OC(=O)/C=C/c1ccc(OC(F)F)cc1)C(=O)N1CCc2ccccc21. The number of esters is 1. The number of amides is 1. The molecule has 0 fully saturated rings. The summed E-state index contributed by atoms with van der Waals surface area (Å²) in [5.74, 6) is -0.915. The molecule has 0 saturated carbocycles. The maximum atomic E-state index is 12.6. The van der Waals surface area contributed by atoms with Crippen molar-refractivity contribution in [1.29, 1.82) is 0 Å². The molecule has 1 amide bonds.